The highest BCUT2D eigenvalue weighted by atomic mass is 16.6. The number of ether oxygens (including phenoxy) is 1. The second-order valence-corrected chi connectivity index (χ2v) is 4.66. The van der Waals surface area contributed by atoms with Crippen LogP contribution in [0.5, 0.6) is 0 Å². The lowest BCUT2D eigenvalue weighted by atomic mass is 10.3. The third kappa shape index (κ3) is 2.87. The van der Waals surface area contributed by atoms with Crippen molar-refractivity contribution in [3.05, 3.63) is 42.8 Å². The van der Waals surface area contributed by atoms with E-state index in [0.29, 0.717) is 26.3 Å². The first-order valence-corrected chi connectivity index (χ1v) is 6.38. The molecule has 0 unspecified atom stereocenters. The van der Waals surface area contributed by atoms with E-state index in [1.165, 1.54) is 20.2 Å². The van der Waals surface area contributed by atoms with Crippen LogP contribution in [-0.2, 0) is 18.8 Å². The van der Waals surface area contributed by atoms with Crippen molar-refractivity contribution in [2.24, 2.45) is 14.1 Å². The van der Waals surface area contributed by atoms with E-state index in [4.69, 9.17) is 4.74 Å². The SMILES string of the molecule is Cn1c(C=CN2CCOCC2)c([N+](=O)[O-])c(=O)n(C)c1=O. The first kappa shape index (κ1) is 15.0. The average molecular weight is 296 g/mol. The molecule has 0 aromatic carbocycles. The molecule has 0 bridgehead atoms. The zero-order valence-corrected chi connectivity index (χ0v) is 11.8. The monoisotopic (exact) mass is 296 g/mol. The first-order valence-electron chi connectivity index (χ1n) is 6.38. The van der Waals surface area contributed by atoms with E-state index in [2.05, 4.69) is 0 Å². The molecule has 0 saturated carbocycles. The Labute approximate surface area is 119 Å². The molecule has 1 saturated heterocycles. The highest BCUT2D eigenvalue weighted by molar-refractivity contribution is 5.56. The number of hydrogen-bond donors (Lipinski definition) is 0. The Morgan fingerprint density at radius 1 is 1.19 bits per heavy atom. The largest absolute Gasteiger partial charge is 0.378 e. The van der Waals surface area contributed by atoms with Crippen LogP contribution in [0.2, 0.25) is 0 Å². The predicted octanol–water partition coefficient (Wildman–Crippen LogP) is -0.705. The summed E-state index contributed by atoms with van der Waals surface area (Å²) in [5, 5.41) is 11.1. The van der Waals surface area contributed by atoms with Crippen LogP contribution in [0.1, 0.15) is 5.69 Å². The second-order valence-electron chi connectivity index (χ2n) is 4.66. The van der Waals surface area contributed by atoms with Crippen LogP contribution in [0.4, 0.5) is 5.69 Å². The molecule has 1 aliphatic heterocycles. The van der Waals surface area contributed by atoms with E-state index >= 15 is 0 Å². The van der Waals surface area contributed by atoms with E-state index in [-0.39, 0.29) is 5.69 Å². The van der Waals surface area contributed by atoms with Crippen molar-refractivity contribution in [3.8, 4) is 0 Å². The molecule has 0 atom stereocenters. The Hall–Kier alpha value is -2.42. The van der Waals surface area contributed by atoms with E-state index in [1.807, 2.05) is 4.90 Å². The average Bonchev–Trinajstić information content (AvgIpc) is 2.48. The highest BCUT2D eigenvalue weighted by Gasteiger charge is 2.23. The molecule has 1 aromatic heterocycles. The normalized spacial score (nSPS) is 15.6. The summed E-state index contributed by atoms with van der Waals surface area (Å²) in [7, 11) is 2.61. The van der Waals surface area contributed by atoms with Gasteiger partial charge in [-0.2, -0.15) is 0 Å². The molecule has 114 valence electrons. The maximum atomic E-state index is 11.9. The summed E-state index contributed by atoms with van der Waals surface area (Å²) in [6.07, 6.45) is 3.07. The van der Waals surface area contributed by atoms with Crippen molar-refractivity contribution in [1.82, 2.24) is 14.0 Å². The number of morpholine rings is 1. The Balaban J connectivity index is 2.51. The predicted molar refractivity (Wildman–Crippen MR) is 75.0 cm³/mol. The summed E-state index contributed by atoms with van der Waals surface area (Å²) in [6.45, 7) is 2.45. The van der Waals surface area contributed by atoms with Crippen molar-refractivity contribution in [2.75, 3.05) is 26.3 Å². The van der Waals surface area contributed by atoms with Crippen LogP contribution < -0.4 is 11.2 Å². The molecule has 9 heteroatoms. The van der Waals surface area contributed by atoms with E-state index in [0.717, 1.165) is 9.13 Å². The van der Waals surface area contributed by atoms with Gasteiger partial charge in [-0.15, -0.1) is 0 Å². The van der Waals surface area contributed by atoms with Crippen LogP contribution in [0.25, 0.3) is 6.08 Å². The second kappa shape index (κ2) is 5.92. The van der Waals surface area contributed by atoms with Crippen LogP contribution in [-0.4, -0.2) is 45.3 Å². The van der Waals surface area contributed by atoms with Gasteiger partial charge < -0.3 is 9.64 Å². The highest BCUT2D eigenvalue weighted by Crippen LogP contribution is 2.13. The lowest BCUT2D eigenvalue weighted by Gasteiger charge is -2.25. The maximum Gasteiger partial charge on any atom is 0.357 e. The van der Waals surface area contributed by atoms with Crippen molar-refractivity contribution >= 4 is 11.8 Å². The third-order valence-electron chi connectivity index (χ3n) is 3.36. The summed E-state index contributed by atoms with van der Waals surface area (Å²) in [5.74, 6) is 0. The molecule has 0 aliphatic carbocycles. The Morgan fingerprint density at radius 3 is 2.38 bits per heavy atom. The van der Waals surface area contributed by atoms with Gasteiger partial charge in [-0.05, 0) is 6.08 Å². The molecule has 1 aliphatic rings. The van der Waals surface area contributed by atoms with Crippen LogP contribution in [0.15, 0.2) is 15.8 Å². The van der Waals surface area contributed by atoms with Gasteiger partial charge in [-0.1, -0.05) is 0 Å². The van der Waals surface area contributed by atoms with Crippen molar-refractivity contribution in [2.45, 2.75) is 0 Å². The zero-order valence-electron chi connectivity index (χ0n) is 11.8. The maximum absolute atomic E-state index is 11.9. The van der Waals surface area contributed by atoms with Gasteiger partial charge >= 0.3 is 16.9 Å². The molecule has 21 heavy (non-hydrogen) atoms. The third-order valence-corrected chi connectivity index (χ3v) is 3.36. The van der Waals surface area contributed by atoms with Crippen LogP contribution in [0, 0.1) is 10.1 Å². The number of nitro groups is 1. The van der Waals surface area contributed by atoms with Gasteiger partial charge in [0.2, 0.25) is 0 Å². The molecule has 2 heterocycles. The molecule has 0 N–H and O–H groups in total. The zero-order chi connectivity index (χ0) is 15.6. The van der Waals surface area contributed by atoms with Gasteiger partial charge in [0.05, 0.1) is 18.1 Å². The van der Waals surface area contributed by atoms with Crippen molar-refractivity contribution in [1.29, 1.82) is 0 Å². The molecule has 9 nitrogen and oxygen atoms in total. The molecule has 2 rings (SSSR count). The standard InChI is InChI=1S/C12H16N4O5/c1-13-9(3-4-15-5-7-21-8-6-15)10(16(19)20)11(17)14(2)12(13)18/h3-4H,5-8H2,1-2H3. The number of rotatable bonds is 3. The van der Waals surface area contributed by atoms with Gasteiger partial charge in [0.25, 0.3) is 0 Å². The quantitative estimate of drug-likeness (QED) is 0.540. The lowest BCUT2D eigenvalue weighted by Crippen LogP contribution is -2.39. The van der Waals surface area contributed by atoms with Gasteiger partial charge in [0, 0.05) is 33.4 Å². The van der Waals surface area contributed by atoms with Crippen LogP contribution >= 0.6 is 0 Å². The summed E-state index contributed by atoms with van der Waals surface area (Å²) >= 11 is 0. The smallest absolute Gasteiger partial charge is 0.357 e. The summed E-state index contributed by atoms with van der Waals surface area (Å²) in [6, 6.07) is 0. The molecule has 0 spiro atoms. The molecule has 1 fully saturated rings. The molecule has 1 aromatic rings. The molecular formula is C12H16N4O5. The van der Waals surface area contributed by atoms with Gasteiger partial charge in [0.15, 0.2) is 0 Å². The fourth-order valence-electron chi connectivity index (χ4n) is 2.11. The number of nitrogens with zero attached hydrogens (tertiary/aromatic N) is 4. The Kier molecular flexibility index (Phi) is 4.22. The van der Waals surface area contributed by atoms with E-state index in [1.54, 1.807) is 6.20 Å². The van der Waals surface area contributed by atoms with E-state index in [9.17, 15) is 19.7 Å². The fourth-order valence-corrected chi connectivity index (χ4v) is 2.11. The Bertz CT molecular complexity index is 697. The van der Waals surface area contributed by atoms with Gasteiger partial charge in [-0.25, -0.2) is 4.79 Å². The molecule has 0 amide bonds. The Morgan fingerprint density at radius 2 is 1.81 bits per heavy atom. The first-order chi connectivity index (χ1) is 9.93. The number of aromatic nitrogens is 2. The van der Waals surface area contributed by atoms with Gasteiger partial charge in [0.1, 0.15) is 5.69 Å². The number of hydrogen-bond acceptors (Lipinski definition) is 6. The topological polar surface area (TPSA) is 99.6 Å². The van der Waals surface area contributed by atoms with E-state index < -0.39 is 21.9 Å². The summed E-state index contributed by atoms with van der Waals surface area (Å²) in [4.78, 5) is 36.0. The molecular weight excluding hydrogens is 280 g/mol. The van der Waals surface area contributed by atoms with Gasteiger partial charge in [-0.3, -0.25) is 24.0 Å². The minimum absolute atomic E-state index is 0.0143. The summed E-state index contributed by atoms with van der Waals surface area (Å²) in [5.41, 5.74) is -2.14. The minimum atomic E-state index is -0.912. The van der Waals surface area contributed by atoms with Crippen molar-refractivity contribution in [3.63, 3.8) is 0 Å². The molecule has 0 radical (unpaired) electrons. The fraction of sp³-hybridized carbons (Fsp3) is 0.500. The minimum Gasteiger partial charge on any atom is -0.378 e. The van der Waals surface area contributed by atoms with Crippen LogP contribution in [0.3, 0.4) is 0 Å². The van der Waals surface area contributed by atoms with Crippen molar-refractivity contribution < 1.29 is 9.66 Å². The lowest BCUT2D eigenvalue weighted by molar-refractivity contribution is -0.387. The summed E-state index contributed by atoms with van der Waals surface area (Å²) < 4.78 is 7.02.